The SMILES string of the molecule is CCOP(=O)(OCC)OCCCS(C)(F)F. The molecular weight excluding hydrogens is 261 g/mol. The molecule has 0 amide bonds. The minimum absolute atomic E-state index is 0.0479. The molecule has 0 aromatic rings. The van der Waals surface area contributed by atoms with Gasteiger partial charge in [0.05, 0.1) is 30.6 Å². The minimum atomic E-state index is -3.54. The van der Waals surface area contributed by atoms with Crippen LogP contribution in [0.25, 0.3) is 0 Å². The zero-order chi connectivity index (χ0) is 12.7. The molecule has 0 spiro atoms. The highest BCUT2D eigenvalue weighted by Gasteiger charge is 2.25. The van der Waals surface area contributed by atoms with Crippen LogP contribution >= 0.6 is 18.6 Å². The Labute approximate surface area is 97.2 Å². The van der Waals surface area contributed by atoms with Crippen LogP contribution in [0.1, 0.15) is 20.3 Å². The Kier molecular flexibility index (Phi) is 7.76. The van der Waals surface area contributed by atoms with Gasteiger partial charge in [-0.15, -0.1) is 0 Å². The van der Waals surface area contributed by atoms with E-state index in [1.807, 2.05) is 0 Å². The summed E-state index contributed by atoms with van der Waals surface area (Å²) in [6, 6.07) is 0. The van der Waals surface area contributed by atoms with Gasteiger partial charge in [-0.05, 0) is 20.3 Å². The van der Waals surface area contributed by atoms with Gasteiger partial charge in [0.25, 0.3) is 0 Å². The molecule has 4 nitrogen and oxygen atoms in total. The van der Waals surface area contributed by atoms with E-state index in [0.717, 1.165) is 6.26 Å². The average molecular weight is 280 g/mol. The summed E-state index contributed by atoms with van der Waals surface area (Å²) in [5.41, 5.74) is 0. The molecular formula is C8H19F2O4PS. The zero-order valence-electron chi connectivity index (χ0n) is 9.78. The van der Waals surface area contributed by atoms with Crippen molar-refractivity contribution in [3.8, 4) is 0 Å². The van der Waals surface area contributed by atoms with Crippen LogP contribution in [0.5, 0.6) is 0 Å². The van der Waals surface area contributed by atoms with Gasteiger partial charge in [0, 0.05) is 12.0 Å². The largest absolute Gasteiger partial charge is 0.474 e. The summed E-state index contributed by atoms with van der Waals surface area (Å²) in [6.45, 7) is 3.63. The number of halogens is 2. The lowest BCUT2D eigenvalue weighted by Crippen LogP contribution is -2.03. The van der Waals surface area contributed by atoms with Crippen molar-refractivity contribution in [2.24, 2.45) is 0 Å². The third-order valence-electron chi connectivity index (χ3n) is 1.47. The number of rotatable bonds is 9. The first-order chi connectivity index (χ1) is 7.33. The van der Waals surface area contributed by atoms with Crippen LogP contribution in [0.15, 0.2) is 0 Å². The monoisotopic (exact) mass is 280 g/mol. The summed E-state index contributed by atoms with van der Waals surface area (Å²) in [5, 5.41) is 0. The lowest BCUT2D eigenvalue weighted by atomic mass is 10.5. The summed E-state index contributed by atoms with van der Waals surface area (Å²) in [4.78, 5) is 0. The molecule has 0 atom stereocenters. The molecule has 16 heavy (non-hydrogen) atoms. The van der Waals surface area contributed by atoms with Gasteiger partial charge >= 0.3 is 7.82 Å². The fourth-order valence-corrected chi connectivity index (χ4v) is 2.75. The predicted octanol–water partition coefficient (Wildman–Crippen LogP) is 3.78. The van der Waals surface area contributed by atoms with Crippen molar-refractivity contribution in [3.63, 3.8) is 0 Å². The van der Waals surface area contributed by atoms with Crippen molar-refractivity contribution in [1.82, 2.24) is 0 Å². The molecule has 0 radical (unpaired) electrons. The van der Waals surface area contributed by atoms with E-state index in [2.05, 4.69) is 0 Å². The maximum Gasteiger partial charge on any atom is 0.474 e. The number of hydrogen-bond acceptors (Lipinski definition) is 4. The summed E-state index contributed by atoms with van der Waals surface area (Å²) in [6.07, 6.45) is 1.06. The molecule has 0 fully saturated rings. The number of phosphoric ester groups is 1. The second-order valence-corrected chi connectivity index (χ2v) is 6.87. The Bertz CT molecular complexity index is 225. The van der Waals surface area contributed by atoms with E-state index in [1.165, 1.54) is 0 Å². The number of phosphoric acid groups is 1. The zero-order valence-corrected chi connectivity index (χ0v) is 11.5. The van der Waals surface area contributed by atoms with E-state index >= 15 is 0 Å². The Morgan fingerprint density at radius 1 is 1.12 bits per heavy atom. The van der Waals surface area contributed by atoms with Crippen LogP contribution in [0, 0.1) is 0 Å². The highest BCUT2D eigenvalue weighted by atomic mass is 32.3. The van der Waals surface area contributed by atoms with Gasteiger partial charge in [-0.25, -0.2) is 4.57 Å². The fourth-order valence-electron chi connectivity index (χ4n) is 0.917. The molecule has 100 valence electrons. The lowest BCUT2D eigenvalue weighted by Gasteiger charge is -2.18. The Morgan fingerprint density at radius 2 is 1.62 bits per heavy atom. The quantitative estimate of drug-likeness (QED) is 0.476. The second-order valence-electron chi connectivity index (χ2n) is 3.05. The van der Waals surface area contributed by atoms with Crippen LogP contribution in [-0.4, -0.2) is 31.8 Å². The maximum atomic E-state index is 12.5. The molecule has 0 aliphatic rings. The molecule has 0 bridgehead atoms. The van der Waals surface area contributed by atoms with Crippen LogP contribution < -0.4 is 0 Å². The van der Waals surface area contributed by atoms with Gasteiger partial charge in [0.2, 0.25) is 0 Å². The molecule has 8 heteroatoms. The number of hydrogen-bond donors (Lipinski definition) is 0. The minimum Gasteiger partial charge on any atom is -0.287 e. The van der Waals surface area contributed by atoms with Gasteiger partial charge in [0.1, 0.15) is 0 Å². The van der Waals surface area contributed by atoms with E-state index in [-0.39, 0.29) is 32.0 Å². The topological polar surface area (TPSA) is 44.8 Å². The van der Waals surface area contributed by atoms with E-state index in [9.17, 15) is 12.3 Å². The predicted molar refractivity (Wildman–Crippen MR) is 62.0 cm³/mol. The smallest absolute Gasteiger partial charge is 0.287 e. The highest BCUT2D eigenvalue weighted by molar-refractivity contribution is 8.24. The van der Waals surface area contributed by atoms with Crippen molar-refractivity contribution in [1.29, 1.82) is 0 Å². The van der Waals surface area contributed by atoms with Crippen molar-refractivity contribution in [2.45, 2.75) is 20.3 Å². The second kappa shape index (κ2) is 7.61. The van der Waals surface area contributed by atoms with Crippen LogP contribution in [0.2, 0.25) is 0 Å². The van der Waals surface area contributed by atoms with Crippen LogP contribution in [0.4, 0.5) is 7.77 Å². The first-order valence-electron chi connectivity index (χ1n) is 5.02. The first kappa shape index (κ1) is 16.3. The van der Waals surface area contributed by atoms with E-state index in [1.54, 1.807) is 13.8 Å². The Balaban J connectivity index is 3.90. The first-order valence-corrected chi connectivity index (χ1v) is 8.49. The van der Waals surface area contributed by atoms with Gasteiger partial charge in [0.15, 0.2) is 0 Å². The normalized spacial score (nSPS) is 14.1. The summed E-state index contributed by atoms with van der Waals surface area (Å²) >= 11 is 0. The molecule has 0 saturated carbocycles. The summed E-state index contributed by atoms with van der Waals surface area (Å²) < 4.78 is 51.3. The van der Waals surface area contributed by atoms with Gasteiger partial charge in [-0.3, -0.25) is 13.6 Å². The summed E-state index contributed by atoms with van der Waals surface area (Å²) in [7, 11) is -7.05. The van der Waals surface area contributed by atoms with Crippen molar-refractivity contribution < 1.29 is 25.9 Å². The third-order valence-corrected chi connectivity index (χ3v) is 4.12. The van der Waals surface area contributed by atoms with Gasteiger partial charge < -0.3 is 0 Å². The van der Waals surface area contributed by atoms with Crippen LogP contribution in [0.3, 0.4) is 0 Å². The van der Waals surface area contributed by atoms with E-state index in [0.29, 0.717) is 0 Å². The molecule has 0 aromatic carbocycles. The molecule has 0 rings (SSSR count). The molecule has 0 saturated heterocycles. The fraction of sp³-hybridized carbons (Fsp3) is 1.00. The molecule has 0 aliphatic carbocycles. The van der Waals surface area contributed by atoms with Gasteiger partial charge in [-0.2, -0.15) is 7.77 Å². The Morgan fingerprint density at radius 3 is 2.00 bits per heavy atom. The molecule has 0 N–H and O–H groups in total. The van der Waals surface area contributed by atoms with Crippen LogP contribution in [-0.2, 0) is 18.1 Å². The van der Waals surface area contributed by atoms with Crippen molar-refractivity contribution in [2.75, 3.05) is 31.8 Å². The van der Waals surface area contributed by atoms with E-state index < -0.39 is 18.6 Å². The highest BCUT2D eigenvalue weighted by Crippen LogP contribution is 2.51. The third kappa shape index (κ3) is 8.47. The van der Waals surface area contributed by atoms with Crippen molar-refractivity contribution >= 4 is 18.6 Å². The Hall–Kier alpha value is 0.320. The average Bonchev–Trinajstić information content (AvgIpc) is 2.12. The van der Waals surface area contributed by atoms with Crippen molar-refractivity contribution in [3.05, 3.63) is 0 Å². The molecule has 0 unspecified atom stereocenters. The molecule has 0 aliphatic heterocycles. The molecule has 0 aromatic heterocycles. The standard InChI is InChI=1S/C8H19F2O4PS/c1-4-12-15(11,13-5-2)14-7-6-8-16(3,9)10/h4-8H2,1-3H3. The van der Waals surface area contributed by atoms with E-state index in [4.69, 9.17) is 13.6 Å². The lowest BCUT2D eigenvalue weighted by molar-refractivity contribution is 0.122. The van der Waals surface area contributed by atoms with Gasteiger partial charge in [-0.1, -0.05) is 0 Å². The summed E-state index contributed by atoms with van der Waals surface area (Å²) in [5.74, 6) is -0.231. The molecule has 0 heterocycles. The maximum absolute atomic E-state index is 12.5.